The van der Waals surface area contributed by atoms with Gasteiger partial charge in [0, 0.05) is 24.1 Å². The predicted octanol–water partition coefficient (Wildman–Crippen LogP) is 2.32. The molecule has 1 aromatic rings. The van der Waals surface area contributed by atoms with Crippen LogP contribution >= 0.6 is 11.8 Å². The van der Waals surface area contributed by atoms with Crippen LogP contribution in [0.1, 0.15) is 18.9 Å². The van der Waals surface area contributed by atoms with Gasteiger partial charge in [0.2, 0.25) is 5.91 Å². The number of nitrogens with zero attached hydrogens (tertiary/aromatic N) is 2. The number of hydrogen-bond acceptors (Lipinski definition) is 4. The minimum Gasteiger partial charge on any atom is -0.324 e. The summed E-state index contributed by atoms with van der Waals surface area (Å²) in [5.41, 5.74) is 1.10. The number of hydrogen-bond donors (Lipinski definition) is 1. The second-order valence-corrected chi connectivity index (χ2v) is 6.25. The summed E-state index contributed by atoms with van der Waals surface area (Å²) < 4.78 is 0. The van der Waals surface area contributed by atoms with Crippen molar-refractivity contribution in [3.63, 3.8) is 0 Å². The topological polar surface area (TPSA) is 56.1 Å². The van der Waals surface area contributed by atoms with Crippen molar-refractivity contribution in [2.45, 2.75) is 18.6 Å². The van der Waals surface area contributed by atoms with Crippen LogP contribution in [0.25, 0.3) is 0 Å². The quantitative estimate of drug-likeness (QED) is 0.924. The number of rotatable bonds is 4. The van der Waals surface area contributed by atoms with Crippen LogP contribution in [0, 0.1) is 11.3 Å². The van der Waals surface area contributed by atoms with E-state index >= 15 is 0 Å². The molecule has 1 heterocycles. The molecule has 1 unspecified atom stereocenters. The van der Waals surface area contributed by atoms with E-state index in [1.807, 2.05) is 17.8 Å². The smallest absolute Gasteiger partial charge is 0.238 e. The van der Waals surface area contributed by atoms with Crippen molar-refractivity contribution in [2.75, 3.05) is 30.7 Å². The molecular formula is C15H19N3OS. The largest absolute Gasteiger partial charge is 0.324 e. The van der Waals surface area contributed by atoms with Crippen LogP contribution in [0.4, 0.5) is 5.69 Å². The van der Waals surface area contributed by atoms with Gasteiger partial charge in [0.25, 0.3) is 0 Å². The first kappa shape index (κ1) is 14.9. The van der Waals surface area contributed by atoms with Gasteiger partial charge in [0.05, 0.1) is 17.8 Å². The van der Waals surface area contributed by atoms with Crippen LogP contribution in [-0.4, -0.2) is 41.4 Å². The lowest BCUT2D eigenvalue weighted by Gasteiger charge is -2.31. The third kappa shape index (κ3) is 3.99. The number of anilines is 1. The molecule has 0 spiro atoms. The average Bonchev–Trinajstić information content (AvgIpc) is 2.48. The Morgan fingerprint density at radius 1 is 1.55 bits per heavy atom. The molecule has 0 aromatic heterocycles. The van der Waals surface area contributed by atoms with Gasteiger partial charge in [0.1, 0.15) is 6.07 Å². The van der Waals surface area contributed by atoms with E-state index < -0.39 is 0 Å². The third-order valence-corrected chi connectivity index (χ3v) is 4.74. The summed E-state index contributed by atoms with van der Waals surface area (Å²) in [6.45, 7) is 4.50. The minimum atomic E-state index is -0.0468. The van der Waals surface area contributed by atoms with Crippen molar-refractivity contribution in [1.29, 1.82) is 5.26 Å². The number of carbonyl (C=O) groups excluding carboxylic acids is 1. The molecule has 106 valence electrons. The Bertz CT molecular complexity index is 512. The van der Waals surface area contributed by atoms with Gasteiger partial charge in [-0.3, -0.25) is 9.69 Å². The summed E-state index contributed by atoms with van der Waals surface area (Å²) in [6.07, 6.45) is 1.14. The first-order valence-electron chi connectivity index (χ1n) is 6.86. The van der Waals surface area contributed by atoms with Crippen LogP contribution in [0.15, 0.2) is 24.3 Å². The zero-order valence-electron chi connectivity index (χ0n) is 11.6. The SMILES string of the molecule is CCC1CN(CC(=O)Nc2ccccc2C#N)CCS1. The van der Waals surface area contributed by atoms with E-state index in [4.69, 9.17) is 5.26 Å². The molecular weight excluding hydrogens is 270 g/mol. The zero-order valence-corrected chi connectivity index (χ0v) is 12.4. The fraction of sp³-hybridized carbons (Fsp3) is 0.467. The lowest BCUT2D eigenvalue weighted by Crippen LogP contribution is -2.42. The summed E-state index contributed by atoms with van der Waals surface area (Å²) in [5, 5.41) is 12.5. The fourth-order valence-electron chi connectivity index (χ4n) is 2.25. The van der Waals surface area contributed by atoms with E-state index in [-0.39, 0.29) is 5.91 Å². The molecule has 1 aromatic carbocycles. The zero-order chi connectivity index (χ0) is 14.4. The lowest BCUT2D eigenvalue weighted by atomic mass is 10.2. The van der Waals surface area contributed by atoms with Crippen molar-refractivity contribution in [1.82, 2.24) is 4.90 Å². The van der Waals surface area contributed by atoms with Gasteiger partial charge < -0.3 is 5.32 Å². The molecule has 20 heavy (non-hydrogen) atoms. The minimum absolute atomic E-state index is 0.0468. The first-order valence-corrected chi connectivity index (χ1v) is 7.90. The second kappa shape index (κ2) is 7.32. The average molecular weight is 289 g/mol. The maximum Gasteiger partial charge on any atom is 0.238 e. The molecule has 1 aliphatic rings. The molecule has 1 aliphatic heterocycles. The van der Waals surface area contributed by atoms with Gasteiger partial charge in [-0.2, -0.15) is 17.0 Å². The number of nitriles is 1. The molecule has 4 nitrogen and oxygen atoms in total. The summed E-state index contributed by atoms with van der Waals surface area (Å²) in [7, 11) is 0. The summed E-state index contributed by atoms with van der Waals surface area (Å²) in [6, 6.07) is 9.17. The summed E-state index contributed by atoms with van der Waals surface area (Å²) in [4.78, 5) is 14.3. The molecule has 1 atom stereocenters. The lowest BCUT2D eigenvalue weighted by molar-refractivity contribution is -0.117. The van der Waals surface area contributed by atoms with Crippen molar-refractivity contribution in [2.24, 2.45) is 0 Å². The van der Waals surface area contributed by atoms with Gasteiger partial charge in [-0.25, -0.2) is 0 Å². The van der Waals surface area contributed by atoms with Gasteiger partial charge >= 0.3 is 0 Å². The highest BCUT2D eigenvalue weighted by Gasteiger charge is 2.20. The maximum absolute atomic E-state index is 12.1. The van der Waals surface area contributed by atoms with Gasteiger partial charge in [-0.15, -0.1) is 0 Å². The number of carbonyl (C=O) groups is 1. The molecule has 5 heteroatoms. The van der Waals surface area contributed by atoms with E-state index in [0.29, 0.717) is 23.0 Å². The van der Waals surface area contributed by atoms with Crippen molar-refractivity contribution >= 4 is 23.4 Å². The monoisotopic (exact) mass is 289 g/mol. The van der Waals surface area contributed by atoms with Crippen molar-refractivity contribution in [3.8, 4) is 6.07 Å². The Morgan fingerprint density at radius 2 is 2.35 bits per heavy atom. The van der Waals surface area contributed by atoms with Crippen LogP contribution < -0.4 is 5.32 Å². The van der Waals surface area contributed by atoms with Crippen molar-refractivity contribution in [3.05, 3.63) is 29.8 Å². The summed E-state index contributed by atoms with van der Waals surface area (Å²) >= 11 is 1.99. The molecule has 1 amide bonds. The molecule has 1 saturated heterocycles. The van der Waals surface area contributed by atoms with Crippen LogP contribution in [-0.2, 0) is 4.79 Å². The number of para-hydroxylation sites is 1. The van der Waals surface area contributed by atoms with Gasteiger partial charge in [-0.05, 0) is 18.6 Å². The molecule has 2 rings (SSSR count). The number of nitrogens with one attached hydrogen (secondary N) is 1. The highest BCUT2D eigenvalue weighted by atomic mass is 32.2. The fourth-order valence-corrected chi connectivity index (χ4v) is 3.50. The molecule has 0 bridgehead atoms. The van der Waals surface area contributed by atoms with Crippen LogP contribution in [0.5, 0.6) is 0 Å². The highest BCUT2D eigenvalue weighted by Crippen LogP contribution is 2.21. The Labute approximate surface area is 124 Å². The van der Waals surface area contributed by atoms with E-state index in [9.17, 15) is 4.79 Å². The summed E-state index contributed by atoms with van der Waals surface area (Å²) in [5.74, 6) is 1.04. The van der Waals surface area contributed by atoms with Crippen molar-refractivity contribution < 1.29 is 4.79 Å². The van der Waals surface area contributed by atoms with Gasteiger partial charge in [-0.1, -0.05) is 19.1 Å². The number of thioether (sulfide) groups is 1. The molecule has 0 aliphatic carbocycles. The first-order chi connectivity index (χ1) is 9.72. The van der Waals surface area contributed by atoms with E-state index in [1.165, 1.54) is 0 Å². The van der Waals surface area contributed by atoms with E-state index in [2.05, 4.69) is 23.2 Å². The predicted molar refractivity (Wildman–Crippen MR) is 82.8 cm³/mol. The second-order valence-electron chi connectivity index (χ2n) is 4.84. The maximum atomic E-state index is 12.1. The Morgan fingerprint density at radius 3 is 3.10 bits per heavy atom. The molecule has 1 fully saturated rings. The van der Waals surface area contributed by atoms with Gasteiger partial charge in [0.15, 0.2) is 0 Å². The molecule has 1 N–H and O–H groups in total. The third-order valence-electron chi connectivity index (χ3n) is 3.37. The Balaban J connectivity index is 1.91. The Hall–Kier alpha value is -1.51. The molecule has 0 saturated carbocycles. The van der Waals surface area contributed by atoms with Crippen LogP contribution in [0.3, 0.4) is 0 Å². The number of amides is 1. The van der Waals surface area contributed by atoms with Crippen LogP contribution in [0.2, 0.25) is 0 Å². The number of benzene rings is 1. The Kier molecular flexibility index (Phi) is 5.45. The van der Waals surface area contributed by atoms with E-state index in [1.54, 1.807) is 18.2 Å². The highest BCUT2D eigenvalue weighted by molar-refractivity contribution is 8.00. The standard InChI is InChI=1S/C15H19N3OS/c1-2-13-10-18(7-8-20-13)11-15(19)17-14-6-4-3-5-12(14)9-16/h3-6,13H,2,7-8,10-11H2,1H3,(H,17,19). The van der Waals surface area contributed by atoms with E-state index in [0.717, 1.165) is 25.3 Å². The normalized spacial score (nSPS) is 19.3. The molecule has 0 radical (unpaired) electrons.